The lowest BCUT2D eigenvalue weighted by atomic mass is 9.86. The minimum Gasteiger partial charge on any atom is -0.349 e. The first-order valence-corrected chi connectivity index (χ1v) is 9.32. The quantitative estimate of drug-likeness (QED) is 0.936. The lowest BCUT2D eigenvalue weighted by molar-refractivity contribution is 0.0881. The van der Waals surface area contributed by atoms with Gasteiger partial charge in [0.2, 0.25) is 0 Å². The van der Waals surface area contributed by atoms with Crippen LogP contribution in [0.2, 0.25) is 0 Å². The molecule has 1 aliphatic carbocycles. The van der Waals surface area contributed by atoms with Gasteiger partial charge in [-0.2, -0.15) is 5.10 Å². The van der Waals surface area contributed by atoms with Crippen LogP contribution in [0, 0.1) is 0 Å². The number of aryl methyl sites for hydroxylation is 2. The summed E-state index contributed by atoms with van der Waals surface area (Å²) in [5.74, 6) is -0.00504. The average Bonchev–Trinajstić information content (AvgIpc) is 3.08. The van der Waals surface area contributed by atoms with Gasteiger partial charge in [0, 0.05) is 38.4 Å². The van der Waals surface area contributed by atoms with Gasteiger partial charge in [0.25, 0.3) is 5.91 Å². The number of nitrogens with one attached hydrogen (secondary N) is 1. The predicted octanol–water partition coefficient (Wildman–Crippen LogP) is 2.69. The monoisotopic (exact) mass is 338 g/mol. The largest absolute Gasteiger partial charge is 0.349 e. The molecule has 0 saturated carbocycles. The third-order valence-corrected chi connectivity index (χ3v) is 5.61. The molecule has 0 spiro atoms. The standard InChI is InChI=1S/C20H26N4O/c1-23-14-16(13-21-23)20(25)22-17-9-11-24(12-10-17)19-8-4-6-15-5-2-3-7-18(15)19/h2-3,5,7,13-14,17,19H,4,6,8-12H2,1H3,(H,22,25)/t19-/m0/s1. The number of likely N-dealkylation sites (tertiary alicyclic amines) is 1. The van der Waals surface area contributed by atoms with E-state index in [1.165, 1.54) is 30.4 Å². The molecule has 0 unspecified atom stereocenters. The number of rotatable bonds is 3. The van der Waals surface area contributed by atoms with Crippen molar-refractivity contribution in [3.05, 3.63) is 53.3 Å². The number of carbonyl (C=O) groups is 1. The van der Waals surface area contributed by atoms with Crippen LogP contribution in [0.15, 0.2) is 36.7 Å². The molecule has 1 aromatic heterocycles. The van der Waals surface area contributed by atoms with Crippen LogP contribution in [0.5, 0.6) is 0 Å². The zero-order chi connectivity index (χ0) is 17.2. The average molecular weight is 338 g/mol. The molecular formula is C20H26N4O. The van der Waals surface area contributed by atoms with Crippen molar-refractivity contribution in [2.45, 2.75) is 44.2 Å². The van der Waals surface area contributed by atoms with E-state index in [0.717, 1.165) is 25.9 Å². The van der Waals surface area contributed by atoms with Crippen molar-refractivity contribution in [3.63, 3.8) is 0 Å². The molecule has 1 aromatic carbocycles. The van der Waals surface area contributed by atoms with Crippen LogP contribution in [0.4, 0.5) is 0 Å². The number of fused-ring (bicyclic) bond motifs is 1. The number of carbonyl (C=O) groups excluding carboxylic acids is 1. The molecule has 2 aliphatic rings. The lowest BCUT2D eigenvalue weighted by Crippen LogP contribution is -2.46. The van der Waals surface area contributed by atoms with Gasteiger partial charge in [0.15, 0.2) is 0 Å². The summed E-state index contributed by atoms with van der Waals surface area (Å²) in [7, 11) is 1.83. The van der Waals surface area contributed by atoms with E-state index in [2.05, 4.69) is 39.6 Å². The molecule has 1 N–H and O–H groups in total. The second-order valence-corrected chi connectivity index (χ2v) is 7.29. The first-order valence-electron chi connectivity index (χ1n) is 9.32. The second-order valence-electron chi connectivity index (χ2n) is 7.29. The van der Waals surface area contributed by atoms with E-state index in [9.17, 15) is 4.79 Å². The van der Waals surface area contributed by atoms with Gasteiger partial charge in [0.05, 0.1) is 11.8 Å². The van der Waals surface area contributed by atoms with Gasteiger partial charge in [-0.05, 0) is 43.2 Å². The number of benzene rings is 1. The van der Waals surface area contributed by atoms with Crippen LogP contribution < -0.4 is 5.32 Å². The summed E-state index contributed by atoms with van der Waals surface area (Å²) >= 11 is 0. The Labute approximate surface area is 149 Å². The first kappa shape index (κ1) is 16.3. The number of nitrogens with zero attached hydrogens (tertiary/aromatic N) is 3. The molecule has 5 heteroatoms. The number of hydrogen-bond donors (Lipinski definition) is 1. The molecule has 0 bridgehead atoms. The molecule has 1 fully saturated rings. The molecule has 0 radical (unpaired) electrons. The minimum absolute atomic E-state index is 0.00504. The predicted molar refractivity (Wildman–Crippen MR) is 97.4 cm³/mol. The van der Waals surface area contributed by atoms with Gasteiger partial charge in [-0.15, -0.1) is 0 Å². The summed E-state index contributed by atoms with van der Waals surface area (Å²) in [5.41, 5.74) is 3.68. The fourth-order valence-electron chi connectivity index (χ4n) is 4.27. The summed E-state index contributed by atoms with van der Waals surface area (Å²) in [6.07, 6.45) is 9.18. The molecule has 1 aliphatic heterocycles. The first-order chi connectivity index (χ1) is 12.2. The summed E-state index contributed by atoms with van der Waals surface area (Å²) < 4.78 is 1.66. The highest BCUT2D eigenvalue weighted by atomic mass is 16.1. The Bertz CT molecular complexity index is 746. The summed E-state index contributed by atoms with van der Waals surface area (Å²) in [5, 5.41) is 7.25. The Hall–Kier alpha value is -2.14. The van der Waals surface area contributed by atoms with Crippen molar-refractivity contribution in [2.75, 3.05) is 13.1 Å². The van der Waals surface area contributed by atoms with E-state index in [1.807, 2.05) is 7.05 Å². The fourth-order valence-corrected chi connectivity index (χ4v) is 4.27. The molecule has 25 heavy (non-hydrogen) atoms. The number of amides is 1. The highest BCUT2D eigenvalue weighted by Gasteiger charge is 2.29. The summed E-state index contributed by atoms with van der Waals surface area (Å²) in [4.78, 5) is 14.9. The van der Waals surface area contributed by atoms with E-state index in [-0.39, 0.29) is 11.9 Å². The third-order valence-electron chi connectivity index (χ3n) is 5.61. The van der Waals surface area contributed by atoms with E-state index in [4.69, 9.17) is 0 Å². The van der Waals surface area contributed by atoms with E-state index in [0.29, 0.717) is 11.6 Å². The van der Waals surface area contributed by atoms with Gasteiger partial charge in [-0.25, -0.2) is 0 Å². The maximum absolute atomic E-state index is 12.3. The van der Waals surface area contributed by atoms with Crippen molar-refractivity contribution in [1.29, 1.82) is 0 Å². The molecule has 2 heterocycles. The molecule has 1 atom stereocenters. The van der Waals surface area contributed by atoms with Gasteiger partial charge in [0.1, 0.15) is 0 Å². The number of piperidine rings is 1. The number of hydrogen-bond acceptors (Lipinski definition) is 3. The Kier molecular flexibility index (Phi) is 4.57. The Morgan fingerprint density at radius 2 is 2.00 bits per heavy atom. The Balaban J connectivity index is 1.35. The normalized spacial score (nSPS) is 21.7. The fraction of sp³-hybridized carbons (Fsp3) is 0.500. The van der Waals surface area contributed by atoms with Crippen molar-refractivity contribution >= 4 is 5.91 Å². The van der Waals surface area contributed by atoms with E-state index >= 15 is 0 Å². The second kappa shape index (κ2) is 7.00. The molecule has 5 nitrogen and oxygen atoms in total. The Morgan fingerprint density at radius 1 is 1.20 bits per heavy atom. The highest BCUT2D eigenvalue weighted by molar-refractivity contribution is 5.93. The van der Waals surface area contributed by atoms with Gasteiger partial charge >= 0.3 is 0 Å². The zero-order valence-electron chi connectivity index (χ0n) is 14.8. The smallest absolute Gasteiger partial charge is 0.254 e. The number of aromatic nitrogens is 2. The SMILES string of the molecule is Cn1cc(C(=O)NC2CCN([C@H]3CCCc4ccccc43)CC2)cn1. The molecule has 1 saturated heterocycles. The topological polar surface area (TPSA) is 50.2 Å². The van der Waals surface area contributed by atoms with Crippen molar-refractivity contribution in [1.82, 2.24) is 20.0 Å². The minimum atomic E-state index is -0.00504. The van der Waals surface area contributed by atoms with Crippen molar-refractivity contribution in [2.24, 2.45) is 7.05 Å². The van der Waals surface area contributed by atoms with Gasteiger partial charge in [-0.3, -0.25) is 14.4 Å². The van der Waals surface area contributed by atoms with Gasteiger partial charge in [-0.1, -0.05) is 24.3 Å². The lowest BCUT2D eigenvalue weighted by Gasteiger charge is -2.40. The maximum Gasteiger partial charge on any atom is 0.254 e. The van der Waals surface area contributed by atoms with E-state index < -0.39 is 0 Å². The Morgan fingerprint density at radius 3 is 2.76 bits per heavy atom. The van der Waals surface area contributed by atoms with E-state index in [1.54, 1.807) is 17.1 Å². The van der Waals surface area contributed by atoms with Crippen molar-refractivity contribution < 1.29 is 4.79 Å². The third kappa shape index (κ3) is 3.47. The molecule has 1 amide bonds. The molecule has 2 aromatic rings. The molecular weight excluding hydrogens is 312 g/mol. The summed E-state index contributed by atoms with van der Waals surface area (Å²) in [6.45, 7) is 2.11. The maximum atomic E-state index is 12.3. The van der Waals surface area contributed by atoms with Crippen LogP contribution in [0.3, 0.4) is 0 Å². The summed E-state index contributed by atoms with van der Waals surface area (Å²) in [6, 6.07) is 9.72. The molecule has 4 rings (SSSR count). The van der Waals surface area contributed by atoms with Crippen LogP contribution in [-0.2, 0) is 13.5 Å². The van der Waals surface area contributed by atoms with Gasteiger partial charge < -0.3 is 5.32 Å². The van der Waals surface area contributed by atoms with Crippen LogP contribution in [-0.4, -0.2) is 39.7 Å². The zero-order valence-corrected chi connectivity index (χ0v) is 14.8. The van der Waals surface area contributed by atoms with Crippen LogP contribution >= 0.6 is 0 Å². The molecule has 132 valence electrons. The van der Waals surface area contributed by atoms with Crippen LogP contribution in [0.25, 0.3) is 0 Å². The van der Waals surface area contributed by atoms with Crippen LogP contribution in [0.1, 0.15) is 53.2 Å². The highest BCUT2D eigenvalue weighted by Crippen LogP contribution is 2.35. The van der Waals surface area contributed by atoms with Crippen molar-refractivity contribution in [3.8, 4) is 0 Å².